The van der Waals surface area contributed by atoms with Gasteiger partial charge in [-0.15, -0.1) is 0 Å². The zero-order chi connectivity index (χ0) is 23.4. The summed E-state index contributed by atoms with van der Waals surface area (Å²) >= 11 is 0. The molecule has 0 saturated carbocycles. The van der Waals surface area contributed by atoms with Gasteiger partial charge in [-0.3, -0.25) is 0 Å². The topological polar surface area (TPSA) is 60.4 Å². The van der Waals surface area contributed by atoms with Crippen molar-refractivity contribution in [3.63, 3.8) is 0 Å². The lowest BCUT2D eigenvalue weighted by molar-refractivity contribution is -0.123. The number of hydrogen-bond acceptors (Lipinski definition) is 4. The molecule has 0 aromatic carbocycles. The summed E-state index contributed by atoms with van der Waals surface area (Å²) in [6, 6.07) is 0. The Morgan fingerprint density at radius 1 is 0.484 bits per heavy atom. The summed E-state index contributed by atoms with van der Waals surface area (Å²) in [7, 11) is -3.73. The molecule has 0 unspecified atom stereocenters. The Morgan fingerprint density at radius 2 is 0.774 bits per heavy atom. The van der Waals surface area contributed by atoms with Gasteiger partial charge in [-0.1, -0.05) is 97.8 Å². The first-order valence-corrected chi connectivity index (χ1v) is 15.2. The third-order valence-electron chi connectivity index (χ3n) is 6.06. The maximum atomic E-state index is 13.3. The Kier molecular flexibility index (Phi) is 19.3. The fraction of sp³-hybridized carbons (Fsp3) is 0.885. The molecule has 4 nitrogen and oxygen atoms in total. The second-order valence-corrected chi connectivity index (χ2v) is 12.2. The monoisotopic (exact) mass is 454 g/mol. The van der Waals surface area contributed by atoms with Crippen molar-refractivity contribution < 1.29 is 18.8 Å². The highest BCUT2D eigenvalue weighted by Gasteiger charge is 2.55. The second kappa shape index (κ2) is 19.8. The average Bonchev–Trinajstić information content (AvgIpc) is 2.76. The van der Waals surface area contributed by atoms with Gasteiger partial charge < -0.3 is 18.8 Å². The van der Waals surface area contributed by atoms with Crippen molar-refractivity contribution in [2.45, 2.75) is 143 Å². The van der Waals surface area contributed by atoms with Crippen LogP contribution in [-0.4, -0.2) is 31.1 Å². The third kappa shape index (κ3) is 12.1. The number of rotatable bonds is 23. The van der Waals surface area contributed by atoms with E-state index in [1.807, 2.05) is 0 Å². The van der Waals surface area contributed by atoms with E-state index in [9.17, 15) is 14.4 Å². The zero-order valence-corrected chi connectivity index (χ0v) is 22.1. The standard InChI is InChI=1S/C26H50O4Si/c1-5-9-12-15-18-21-24(27)31(30-8-4,25(28)22-19-16-13-10-6-2)26(29)23-20-17-14-11-7-3/h5-23H2,1-4H3. The molecule has 0 rings (SSSR count). The molecule has 0 heterocycles. The minimum absolute atomic E-state index is 0.164. The van der Waals surface area contributed by atoms with Crippen molar-refractivity contribution >= 4 is 24.5 Å². The van der Waals surface area contributed by atoms with Crippen molar-refractivity contribution in [1.82, 2.24) is 0 Å². The maximum absolute atomic E-state index is 13.3. The molecule has 0 N–H and O–H groups in total. The number of hydrogen-bond donors (Lipinski definition) is 0. The smallest absolute Gasteiger partial charge is 0.400 e. The van der Waals surface area contributed by atoms with Gasteiger partial charge in [0, 0.05) is 25.9 Å². The van der Waals surface area contributed by atoms with Crippen molar-refractivity contribution in [1.29, 1.82) is 0 Å². The molecule has 0 saturated heterocycles. The molecule has 0 bridgehead atoms. The van der Waals surface area contributed by atoms with Crippen molar-refractivity contribution in [3.05, 3.63) is 0 Å². The van der Waals surface area contributed by atoms with Crippen LogP contribution in [0.3, 0.4) is 0 Å². The van der Waals surface area contributed by atoms with Gasteiger partial charge in [0.25, 0.3) is 0 Å². The normalized spacial score (nSPS) is 11.6. The van der Waals surface area contributed by atoms with Gasteiger partial charge in [0.1, 0.15) is 0 Å². The largest absolute Gasteiger partial charge is 0.401 e. The van der Waals surface area contributed by atoms with Crippen LogP contribution in [0, 0.1) is 0 Å². The van der Waals surface area contributed by atoms with E-state index >= 15 is 0 Å². The maximum Gasteiger partial charge on any atom is 0.401 e. The van der Waals surface area contributed by atoms with Crippen LogP contribution in [0.15, 0.2) is 0 Å². The molecule has 31 heavy (non-hydrogen) atoms. The summed E-state index contributed by atoms with van der Waals surface area (Å²) in [6.45, 7) is 8.56. The van der Waals surface area contributed by atoms with Gasteiger partial charge in [0.15, 0.2) is 16.2 Å². The van der Waals surface area contributed by atoms with Gasteiger partial charge in [0.2, 0.25) is 0 Å². The number of unbranched alkanes of at least 4 members (excludes halogenated alkanes) is 12. The average molecular weight is 455 g/mol. The summed E-state index contributed by atoms with van der Waals surface area (Å²) in [4.78, 5) is 40.0. The predicted molar refractivity (Wildman–Crippen MR) is 133 cm³/mol. The van der Waals surface area contributed by atoms with Crippen LogP contribution < -0.4 is 0 Å². The highest BCUT2D eigenvalue weighted by atomic mass is 28.4. The fourth-order valence-corrected chi connectivity index (χ4v) is 7.56. The van der Waals surface area contributed by atoms with Crippen molar-refractivity contribution in [3.8, 4) is 0 Å². The number of carbonyl (C=O) groups excluding carboxylic acids is 3. The van der Waals surface area contributed by atoms with E-state index in [1.54, 1.807) is 6.92 Å². The first kappa shape index (κ1) is 30.2. The molecular weight excluding hydrogens is 404 g/mol. The molecule has 0 amide bonds. The van der Waals surface area contributed by atoms with Crippen molar-refractivity contribution in [2.75, 3.05) is 6.61 Å². The lowest BCUT2D eigenvalue weighted by atomic mass is 10.1. The van der Waals surface area contributed by atoms with Gasteiger partial charge >= 0.3 is 8.32 Å². The van der Waals surface area contributed by atoms with Gasteiger partial charge in [-0.05, 0) is 26.2 Å². The van der Waals surface area contributed by atoms with Crippen LogP contribution in [0.2, 0.25) is 0 Å². The third-order valence-corrected chi connectivity index (χ3v) is 9.89. The Morgan fingerprint density at radius 3 is 1.03 bits per heavy atom. The second-order valence-electron chi connectivity index (χ2n) is 8.88. The van der Waals surface area contributed by atoms with E-state index in [-0.39, 0.29) is 22.8 Å². The summed E-state index contributed by atoms with van der Waals surface area (Å²) in [6.07, 6.45) is 16.4. The van der Waals surface area contributed by atoms with E-state index < -0.39 is 8.32 Å². The molecular formula is C26H50O4Si. The molecule has 0 radical (unpaired) electrons. The predicted octanol–water partition coefficient (Wildman–Crippen LogP) is 7.37. The molecule has 0 aliphatic carbocycles. The highest BCUT2D eigenvalue weighted by Crippen LogP contribution is 2.22. The molecule has 5 heteroatoms. The molecule has 0 fully saturated rings. The van der Waals surface area contributed by atoms with Gasteiger partial charge in [0.05, 0.1) is 0 Å². The van der Waals surface area contributed by atoms with E-state index in [0.29, 0.717) is 19.3 Å². The molecule has 0 aliphatic heterocycles. The SMILES string of the molecule is CCCCCCCC(=O)[Si](OCC)(C(=O)CCCCCCC)C(=O)CCCCCCC. The Balaban J connectivity index is 5.21. The van der Waals surface area contributed by atoms with E-state index in [4.69, 9.17) is 4.43 Å². The zero-order valence-electron chi connectivity index (χ0n) is 21.1. The molecule has 0 spiro atoms. The number of carbonyl (C=O) groups is 3. The van der Waals surface area contributed by atoms with Gasteiger partial charge in [-0.25, -0.2) is 0 Å². The van der Waals surface area contributed by atoms with E-state index in [0.717, 1.165) is 96.3 Å². The van der Waals surface area contributed by atoms with Crippen LogP contribution in [0.1, 0.15) is 143 Å². The lowest BCUT2D eigenvalue weighted by Gasteiger charge is -2.27. The summed E-state index contributed by atoms with van der Waals surface area (Å²) < 4.78 is 5.94. The lowest BCUT2D eigenvalue weighted by Crippen LogP contribution is -2.62. The first-order valence-electron chi connectivity index (χ1n) is 13.2. The van der Waals surface area contributed by atoms with Crippen LogP contribution in [-0.2, 0) is 18.8 Å². The van der Waals surface area contributed by atoms with Crippen LogP contribution >= 0.6 is 0 Å². The van der Waals surface area contributed by atoms with E-state index in [1.165, 1.54) is 0 Å². The summed E-state index contributed by atoms with van der Waals surface area (Å²) in [5, 5.41) is -0.492. The first-order chi connectivity index (χ1) is 15.0. The Hall–Kier alpha value is -0.813. The van der Waals surface area contributed by atoms with E-state index in [2.05, 4.69) is 20.8 Å². The summed E-state index contributed by atoms with van der Waals surface area (Å²) in [5.74, 6) is 0. The van der Waals surface area contributed by atoms with Crippen LogP contribution in [0.5, 0.6) is 0 Å². The molecule has 0 aromatic heterocycles. The Bertz CT molecular complexity index is 425. The quantitative estimate of drug-likeness (QED) is 0.119. The molecule has 0 aromatic rings. The molecule has 0 atom stereocenters. The van der Waals surface area contributed by atoms with Crippen LogP contribution in [0.4, 0.5) is 0 Å². The van der Waals surface area contributed by atoms with Gasteiger partial charge in [-0.2, -0.15) is 0 Å². The Labute approximate surface area is 193 Å². The molecule has 0 aliphatic rings. The van der Waals surface area contributed by atoms with Crippen molar-refractivity contribution in [2.24, 2.45) is 0 Å². The molecule has 182 valence electrons. The minimum atomic E-state index is -3.73. The minimum Gasteiger partial charge on any atom is -0.400 e. The highest BCUT2D eigenvalue weighted by molar-refractivity contribution is 7.37. The fourth-order valence-electron chi connectivity index (χ4n) is 4.12. The summed E-state index contributed by atoms with van der Waals surface area (Å²) in [5.41, 5.74) is 0. The van der Waals surface area contributed by atoms with Crippen LogP contribution in [0.25, 0.3) is 0 Å².